The van der Waals surface area contributed by atoms with Gasteiger partial charge in [0.25, 0.3) is 11.1 Å². The van der Waals surface area contributed by atoms with E-state index < -0.39 is 0 Å². The van der Waals surface area contributed by atoms with Crippen molar-refractivity contribution >= 4 is 40.6 Å². The fourth-order valence-corrected chi connectivity index (χ4v) is 3.48. The number of hydrogen-bond donors (Lipinski definition) is 1. The van der Waals surface area contributed by atoms with Gasteiger partial charge >= 0.3 is 0 Å². The molecule has 3 rings (SSSR count). The normalized spacial score (nSPS) is 15.6. The second-order valence-corrected chi connectivity index (χ2v) is 7.05. The van der Waals surface area contributed by atoms with Crippen LogP contribution < -0.4 is 5.32 Å². The predicted molar refractivity (Wildman–Crippen MR) is 103 cm³/mol. The second-order valence-electron chi connectivity index (χ2n) is 6.06. The maximum Gasteiger partial charge on any atom is 0.293 e. The first kappa shape index (κ1) is 17.9. The van der Waals surface area contributed by atoms with Crippen molar-refractivity contribution in [3.63, 3.8) is 0 Å². The van der Waals surface area contributed by atoms with Gasteiger partial charge in [-0.2, -0.15) is 0 Å². The van der Waals surface area contributed by atoms with Crippen LogP contribution in [-0.4, -0.2) is 22.0 Å². The Morgan fingerprint density at radius 1 is 1.15 bits per heavy atom. The highest BCUT2D eigenvalue weighted by molar-refractivity contribution is 8.18. The first-order chi connectivity index (χ1) is 12.4. The smallest absolute Gasteiger partial charge is 0.293 e. The van der Waals surface area contributed by atoms with E-state index in [4.69, 9.17) is 0 Å². The maximum absolute atomic E-state index is 12.6. The van der Waals surface area contributed by atoms with Gasteiger partial charge in [0, 0.05) is 12.6 Å². The van der Waals surface area contributed by atoms with Crippen LogP contribution in [0.25, 0.3) is 6.08 Å². The minimum absolute atomic E-state index is 0.144. The van der Waals surface area contributed by atoms with Crippen LogP contribution >= 0.6 is 11.8 Å². The molecule has 1 aliphatic heterocycles. The molecular weight excluding hydrogens is 348 g/mol. The van der Waals surface area contributed by atoms with Crippen LogP contribution in [0, 0.1) is 6.92 Å². The number of benzene rings is 2. The number of aryl methyl sites for hydroxylation is 1. The Balaban J connectivity index is 1.75. The zero-order chi connectivity index (χ0) is 18.7. The number of nitrogens with zero attached hydrogens (tertiary/aromatic N) is 1. The van der Waals surface area contributed by atoms with Crippen molar-refractivity contribution in [1.82, 2.24) is 4.90 Å². The highest BCUT2D eigenvalue weighted by Gasteiger charge is 2.34. The summed E-state index contributed by atoms with van der Waals surface area (Å²) in [5.41, 5.74) is 3.49. The van der Waals surface area contributed by atoms with Crippen LogP contribution in [0.3, 0.4) is 0 Å². The molecule has 0 radical (unpaired) electrons. The quantitative estimate of drug-likeness (QED) is 0.824. The van der Waals surface area contributed by atoms with E-state index in [1.165, 1.54) is 11.8 Å². The summed E-state index contributed by atoms with van der Waals surface area (Å²) in [7, 11) is 0. The summed E-state index contributed by atoms with van der Waals surface area (Å²) in [5.74, 6) is -0.428. The van der Waals surface area contributed by atoms with Crippen LogP contribution in [0.4, 0.5) is 10.5 Å². The number of anilines is 1. The third-order valence-corrected chi connectivity index (χ3v) is 4.73. The van der Waals surface area contributed by atoms with Crippen molar-refractivity contribution in [2.45, 2.75) is 20.4 Å². The number of imide groups is 1. The van der Waals surface area contributed by atoms with E-state index in [1.54, 1.807) is 30.3 Å². The van der Waals surface area contributed by atoms with Crippen LogP contribution in [0.2, 0.25) is 0 Å². The molecule has 5 nitrogen and oxygen atoms in total. The van der Waals surface area contributed by atoms with Gasteiger partial charge in [-0.1, -0.05) is 42.0 Å². The lowest BCUT2D eigenvalue weighted by molar-refractivity contribution is -0.123. The zero-order valence-corrected chi connectivity index (χ0v) is 15.3. The number of carbonyl (C=O) groups is 3. The van der Waals surface area contributed by atoms with Crippen molar-refractivity contribution < 1.29 is 14.4 Å². The molecule has 132 valence electrons. The molecular formula is C20H18N2O3S. The van der Waals surface area contributed by atoms with E-state index in [2.05, 4.69) is 5.32 Å². The van der Waals surface area contributed by atoms with Gasteiger partial charge < -0.3 is 5.32 Å². The summed E-state index contributed by atoms with van der Waals surface area (Å²) in [5, 5.41) is 2.42. The molecule has 2 aromatic carbocycles. The molecule has 3 amide bonds. The Morgan fingerprint density at radius 2 is 1.88 bits per heavy atom. The second kappa shape index (κ2) is 7.58. The summed E-state index contributed by atoms with van der Waals surface area (Å²) in [6, 6.07) is 14.8. The Kier molecular flexibility index (Phi) is 5.23. The van der Waals surface area contributed by atoms with Crippen LogP contribution in [0.1, 0.15) is 23.6 Å². The van der Waals surface area contributed by atoms with Crippen molar-refractivity contribution in [3.8, 4) is 0 Å². The highest BCUT2D eigenvalue weighted by atomic mass is 32.2. The standard InChI is InChI=1S/C20H18N2O3S/c1-13-4-3-5-16(10-13)12-22-19(24)18(26-20(22)25)11-15-6-8-17(9-7-15)21-14(2)23/h3-11H,12H2,1-2H3,(H,21,23)/b18-11-. The van der Waals surface area contributed by atoms with Crippen molar-refractivity contribution in [2.75, 3.05) is 5.32 Å². The summed E-state index contributed by atoms with van der Waals surface area (Å²) >= 11 is 0.944. The minimum atomic E-state index is -0.285. The van der Waals surface area contributed by atoms with Gasteiger partial charge in [0.2, 0.25) is 5.91 Å². The van der Waals surface area contributed by atoms with Crippen LogP contribution in [-0.2, 0) is 16.1 Å². The maximum atomic E-state index is 12.6. The molecule has 0 bridgehead atoms. The summed E-state index contributed by atoms with van der Waals surface area (Å²) in [6.07, 6.45) is 1.69. The van der Waals surface area contributed by atoms with Gasteiger partial charge in [0.1, 0.15) is 0 Å². The molecule has 1 fully saturated rings. The fraction of sp³-hybridized carbons (Fsp3) is 0.150. The lowest BCUT2D eigenvalue weighted by Crippen LogP contribution is -2.27. The van der Waals surface area contributed by atoms with Gasteiger partial charge in [-0.15, -0.1) is 0 Å². The molecule has 0 unspecified atom stereocenters. The average Bonchev–Trinajstić information content (AvgIpc) is 2.84. The molecule has 26 heavy (non-hydrogen) atoms. The molecule has 0 atom stereocenters. The average molecular weight is 366 g/mol. The van der Waals surface area contributed by atoms with E-state index in [-0.39, 0.29) is 23.6 Å². The molecule has 6 heteroatoms. The molecule has 0 spiro atoms. The third-order valence-electron chi connectivity index (χ3n) is 3.83. The molecule has 0 aliphatic carbocycles. The zero-order valence-electron chi connectivity index (χ0n) is 14.5. The summed E-state index contributed by atoms with van der Waals surface area (Å²) < 4.78 is 0. The number of carbonyl (C=O) groups excluding carboxylic acids is 3. The Labute approximate surface area is 156 Å². The van der Waals surface area contributed by atoms with E-state index in [0.29, 0.717) is 10.6 Å². The summed E-state index contributed by atoms with van der Waals surface area (Å²) in [6.45, 7) is 3.69. The van der Waals surface area contributed by atoms with Gasteiger partial charge in [-0.25, -0.2) is 0 Å². The molecule has 1 saturated heterocycles. The first-order valence-corrected chi connectivity index (χ1v) is 8.92. The lowest BCUT2D eigenvalue weighted by atomic mass is 10.1. The van der Waals surface area contributed by atoms with Gasteiger partial charge in [0.15, 0.2) is 0 Å². The van der Waals surface area contributed by atoms with E-state index in [0.717, 1.165) is 28.5 Å². The van der Waals surface area contributed by atoms with Crippen LogP contribution in [0.15, 0.2) is 53.4 Å². The van der Waals surface area contributed by atoms with E-state index >= 15 is 0 Å². The number of nitrogens with one attached hydrogen (secondary N) is 1. The first-order valence-electron chi connectivity index (χ1n) is 8.11. The molecule has 1 aliphatic rings. The van der Waals surface area contributed by atoms with Crippen molar-refractivity contribution in [3.05, 3.63) is 70.1 Å². The Bertz CT molecular complexity index is 904. The number of thioether (sulfide) groups is 1. The molecule has 0 aromatic heterocycles. The molecule has 2 aromatic rings. The third kappa shape index (κ3) is 4.21. The Hall–Kier alpha value is -2.86. The highest BCUT2D eigenvalue weighted by Crippen LogP contribution is 2.33. The monoisotopic (exact) mass is 366 g/mol. The topological polar surface area (TPSA) is 66.5 Å². The number of amides is 3. The van der Waals surface area contributed by atoms with Gasteiger partial charge in [-0.05, 0) is 48.0 Å². The minimum Gasteiger partial charge on any atom is -0.326 e. The van der Waals surface area contributed by atoms with Gasteiger partial charge in [0.05, 0.1) is 11.4 Å². The van der Waals surface area contributed by atoms with Crippen molar-refractivity contribution in [2.24, 2.45) is 0 Å². The lowest BCUT2D eigenvalue weighted by Gasteiger charge is -2.12. The number of hydrogen-bond acceptors (Lipinski definition) is 4. The fourth-order valence-electron chi connectivity index (χ4n) is 2.65. The molecule has 0 saturated carbocycles. The number of rotatable bonds is 4. The predicted octanol–water partition coefficient (Wildman–Crippen LogP) is 4.19. The van der Waals surface area contributed by atoms with Crippen molar-refractivity contribution in [1.29, 1.82) is 0 Å². The van der Waals surface area contributed by atoms with Crippen LogP contribution in [0.5, 0.6) is 0 Å². The van der Waals surface area contributed by atoms with E-state index in [9.17, 15) is 14.4 Å². The van der Waals surface area contributed by atoms with E-state index in [1.807, 2.05) is 31.2 Å². The Morgan fingerprint density at radius 3 is 2.54 bits per heavy atom. The summed E-state index contributed by atoms with van der Waals surface area (Å²) in [4.78, 5) is 37.5. The SMILES string of the molecule is CC(=O)Nc1ccc(/C=C2\SC(=O)N(Cc3cccc(C)c3)C2=O)cc1. The largest absolute Gasteiger partial charge is 0.326 e. The molecule has 1 N–H and O–H groups in total. The van der Waals surface area contributed by atoms with Gasteiger partial charge in [-0.3, -0.25) is 19.3 Å². The molecule has 1 heterocycles.